The van der Waals surface area contributed by atoms with Gasteiger partial charge in [-0.25, -0.2) is 9.48 Å². The van der Waals surface area contributed by atoms with Gasteiger partial charge in [0.05, 0.1) is 5.69 Å². The molecule has 9 heteroatoms. The Hall–Kier alpha value is -2.84. The van der Waals surface area contributed by atoms with Gasteiger partial charge in [-0.15, -0.1) is 0 Å². The first-order valence-electron chi connectivity index (χ1n) is 9.84. The van der Waals surface area contributed by atoms with Gasteiger partial charge in [0.25, 0.3) is 5.56 Å². The Morgan fingerprint density at radius 3 is 2.64 bits per heavy atom. The number of H-pyrrole nitrogens is 1. The molecular weight excluding hydrogens is 360 g/mol. The monoisotopic (exact) mass is 384 g/mol. The van der Waals surface area contributed by atoms with E-state index in [2.05, 4.69) is 25.9 Å². The molecule has 4 fully saturated rings. The molecule has 2 aromatic rings. The van der Waals surface area contributed by atoms with Gasteiger partial charge in [-0.2, -0.15) is 10.2 Å². The van der Waals surface area contributed by atoms with Crippen molar-refractivity contribution < 1.29 is 9.53 Å². The number of hydrogen-bond acceptors (Lipinski definition) is 6. The number of rotatable bonds is 5. The number of hydrogen-bond donors (Lipinski definition) is 3. The van der Waals surface area contributed by atoms with Gasteiger partial charge in [-0.3, -0.25) is 9.89 Å². The van der Waals surface area contributed by atoms with Crippen molar-refractivity contribution in [3.8, 4) is 0 Å². The predicted octanol–water partition coefficient (Wildman–Crippen LogP) is 2.29. The summed E-state index contributed by atoms with van der Waals surface area (Å²) < 4.78 is 7.23. The molecule has 0 saturated heterocycles. The molecule has 2 bridgehead atoms. The maximum atomic E-state index is 12.6. The van der Waals surface area contributed by atoms with Crippen LogP contribution in [-0.2, 0) is 17.4 Å². The minimum absolute atomic E-state index is 0.00281. The smallest absolute Gasteiger partial charge is 0.408 e. The van der Waals surface area contributed by atoms with Crippen LogP contribution >= 0.6 is 0 Å². The van der Waals surface area contributed by atoms with Crippen LogP contribution in [0.15, 0.2) is 23.0 Å². The second-order valence-corrected chi connectivity index (χ2v) is 8.45. The molecule has 0 radical (unpaired) electrons. The van der Waals surface area contributed by atoms with Gasteiger partial charge in [0.2, 0.25) is 0 Å². The Kier molecular flexibility index (Phi) is 3.75. The van der Waals surface area contributed by atoms with Crippen molar-refractivity contribution in [2.24, 2.45) is 13.0 Å². The van der Waals surface area contributed by atoms with Crippen LogP contribution < -0.4 is 16.2 Å². The summed E-state index contributed by atoms with van der Waals surface area (Å²) in [5.41, 5.74) is -0.0688. The van der Waals surface area contributed by atoms with Crippen LogP contribution in [-0.4, -0.2) is 31.6 Å². The maximum Gasteiger partial charge on any atom is 0.408 e. The van der Waals surface area contributed by atoms with Crippen molar-refractivity contribution in [1.82, 2.24) is 25.3 Å². The zero-order valence-electron chi connectivity index (χ0n) is 15.8. The summed E-state index contributed by atoms with van der Waals surface area (Å²) in [5, 5.41) is 17.6. The summed E-state index contributed by atoms with van der Waals surface area (Å²) in [6.45, 7) is 0. The Balaban J connectivity index is 1.31. The standard InChI is InChI=1S/C19H24N6O3/c1-25-16(26)5-4-14(24-25)20-15-8-13(22-23-15)19(6-2-3-7-19)28-17(27)21-18-9-12(10-18)11-18/h4-5,8,12H,2-3,6-7,9-11H2,1H3,(H,21,27)(H2,20,22,23,24). The third-order valence-electron chi connectivity index (χ3n) is 6.39. The normalized spacial score (nSPS) is 26.8. The molecule has 0 unspecified atom stereocenters. The van der Waals surface area contributed by atoms with Gasteiger partial charge in [0, 0.05) is 24.7 Å². The van der Waals surface area contributed by atoms with E-state index in [4.69, 9.17) is 4.74 Å². The highest BCUT2D eigenvalue weighted by molar-refractivity contribution is 5.70. The first-order chi connectivity index (χ1) is 13.5. The van der Waals surface area contributed by atoms with Gasteiger partial charge < -0.3 is 15.4 Å². The van der Waals surface area contributed by atoms with E-state index in [-0.39, 0.29) is 17.2 Å². The summed E-state index contributed by atoms with van der Waals surface area (Å²) in [6.07, 6.45) is 6.48. The van der Waals surface area contributed by atoms with E-state index in [1.807, 2.05) is 6.07 Å². The van der Waals surface area contributed by atoms with Crippen molar-refractivity contribution in [3.63, 3.8) is 0 Å². The average Bonchev–Trinajstić information content (AvgIpc) is 3.24. The Labute approximate surface area is 161 Å². The number of nitrogens with zero attached hydrogens (tertiary/aromatic N) is 3. The van der Waals surface area contributed by atoms with E-state index in [1.165, 1.54) is 10.7 Å². The lowest BCUT2D eigenvalue weighted by Crippen LogP contribution is -2.68. The van der Waals surface area contributed by atoms with E-state index in [0.717, 1.165) is 56.6 Å². The lowest BCUT2D eigenvalue weighted by molar-refractivity contribution is -0.0623. The lowest BCUT2D eigenvalue weighted by Gasteiger charge is -2.61. The highest BCUT2D eigenvalue weighted by Gasteiger charge is 2.58. The number of aryl methyl sites for hydroxylation is 1. The van der Waals surface area contributed by atoms with Gasteiger partial charge in [-0.1, -0.05) is 0 Å². The number of carbonyl (C=O) groups is 1. The quantitative estimate of drug-likeness (QED) is 0.729. The highest BCUT2D eigenvalue weighted by atomic mass is 16.6. The molecule has 0 spiro atoms. The summed E-state index contributed by atoms with van der Waals surface area (Å²) in [4.78, 5) is 24.0. The van der Waals surface area contributed by atoms with Crippen LogP contribution in [0.25, 0.3) is 0 Å². The lowest BCUT2D eigenvalue weighted by atomic mass is 9.50. The number of ether oxygens (including phenoxy) is 1. The average molecular weight is 384 g/mol. The fourth-order valence-corrected chi connectivity index (χ4v) is 4.74. The van der Waals surface area contributed by atoms with Crippen molar-refractivity contribution in [2.75, 3.05) is 5.32 Å². The SMILES string of the molecule is Cn1nc(Nc2cc(C3(OC(=O)NC45CC(C4)C5)CCCC3)[nH]n2)ccc1=O. The molecule has 4 saturated carbocycles. The van der Waals surface area contributed by atoms with Crippen LogP contribution in [0.2, 0.25) is 0 Å². The van der Waals surface area contributed by atoms with E-state index < -0.39 is 5.60 Å². The molecule has 28 heavy (non-hydrogen) atoms. The van der Waals surface area contributed by atoms with E-state index in [1.54, 1.807) is 13.1 Å². The van der Waals surface area contributed by atoms with Crippen molar-refractivity contribution in [3.05, 3.63) is 34.2 Å². The number of nitrogens with one attached hydrogen (secondary N) is 3. The number of amides is 1. The Morgan fingerprint density at radius 2 is 2.00 bits per heavy atom. The maximum absolute atomic E-state index is 12.6. The molecule has 0 atom stereocenters. The van der Waals surface area contributed by atoms with Crippen molar-refractivity contribution >= 4 is 17.7 Å². The third-order valence-corrected chi connectivity index (χ3v) is 6.39. The molecule has 6 rings (SSSR count). The third kappa shape index (κ3) is 2.85. The summed E-state index contributed by atoms with van der Waals surface area (Å²) in [7, 11) is 1.59. The molecule has 0 aliphatic heterocycles. The molecular formula is C19H24N6O3. The van der Waals surface area contributed by atoms with Gasteiger partial charge in [0.15, 0.2) is 17.2 Å². The fraction of sp³-hybridized carbons (Fsp3) is 0.579. The minimum atomic E-state index is -0.669. The summed E-state index contributed by atoms with van der Waals surface area (Å²) >= 11 is 0. The van der Waals surface area contributed by atoms with Crippen LogP contribution in [0.4, 0.5) is 16.4 Å². The minimum Gasteiger partial charge on any atom is -0.436 e. The molecule has 4 aliphatic rings. The highest BCUT2D eigenvalue weighted by Crippen LogP contribution is 2.57. The molecule has 2 aromatic heterocycles. The molecule has 4 aliphatic carbocycles. The second-order valence-electron chi connectivity index (χ2n) is 8.45. The van der Waals surface area contributed by atoms with Gasteiger partial charge in [-0.05, 0) is 56.9 Å². The molecule has 2 heterocycles. The number of aromatic amines is 1. The Bertz CT molecular complexity index is 957. The van der Waals surface area contributed by atoms with Crippen molar-refractivity contribution in [2.45, 2.75) is 56.1 Å². The van der Waals surface area contributed by atoms with Crippen LogP contribution in [0.1, 0.15) is 50.6 Å². The summed E-state index contributed by atoms with van der Waals surface area (Å²) in [6, 6.07) is 4.90. The predicted molar refractivity (Wildman–Crippen MR) is 101 cm³/mol. The van der Waals surface area contributed by atoms with Crippen LogP contribution in [0.3, 0.4) is 0 Å². The molecule has 0 aromatic carbocycles. The van der Waals surface area contributed by atoms with E-state index in [9.17, 15) is 9.59 Å². The first kappa shape index (κ1) is 17.3. The topological polar surface area (TPSA) is 114 Å². The van der Waals surface area contributed by atoms with E-state index in [0.29, 0.717) is 11.6 Å². The zero-order valence-corrected chi connectivity index (χ0v) is 15.8. The number of anilines is 2. The number of carbonyl (C=O) groups excluding carboxylic acids is 1. The Morgan fingerprint density at radius 1 is 1.25 bits per heavy atom. The number of aromatic nitrogens is 4. The van der Waals surface area contributed by atoms with Gasteiger partial charge in [0.1, 0.15) is 0 Å². The van der Waals surface area contributed by atoms with Crippen molar-refractivity contribution in [1.29, 1.82) is 0 Å². The molecule has 1 amide bonds. The second kappa shape index (κ2) is 6.08. The summed E-state index contributed by atoms with van der Waals surface area (Å²) in [5.74, 6) is 1.88. The van der Waals surface area contributed by atoms with E-state index >= 15 is 0 Å². The molecule has 3 N–H and O–H groups in total. The van der Waals surface area contributed by atoms with Crippen LogP contribution in [0, 0.1) is 5.92 Å². The van der Waals surface area contributed by atoms with Crippen LogP contribution in [0.5, 0.6) is 0 Å². The largest absolute Gasteiger partial charge is 0.436 e. The first-order valence-corrected chi connectivity index (χ1v) is 9.84. The van der Waals surface area contributed by atoms with Gasteiger partial charge >= 0.3 is 6.09 Å². The molecule has 9 nitrogen and oxygen atoms in total. The molecule has 148 valence electrons. The fourth-order valence-electron chi connectivity index (χ4n) is 4.74. The number of alkyl carbamates (subject to hydrolysis) is 1. The zero-order chi connectivity index (χ0) is 19.4.